The lowest BCUT2D eigenvalue weighted by Gasteiger charge is -2.12. The standard InChI is InChI=1S/3C6H9F3O.C4H2F6.2C4H5F3.C3H3F3.3C2H4.4CH3F.10CH4.F2/c3*1-2-3-10-5-6(8,9)4-7;1-2(3(5,6)7)4(8,9)10;2*1-2-4(6,7)3-5;1-2-3(4,5)6;7*1-2;;;;;;;;;;;1-2/h3*2H,1,3-5H2;1H2;2*2H,1,3H2;2H,1H2;3*1-2H2;4*1H3;10*1H4;. The SMILES string of the molecule is C.C.C.C.C.C.C.C.C.C.C=C.C=C.C=C.C=C(C(F)(F)F)C(F)(F)F.C=CC(F)(F)CF.C=CC(F)(F)CF.C=CC(F)(F)F.C=CCOCC(F)(F)CF.C=CCOCC(F)(F)CF.C=CCOCC(F)(F)CF.CF.CF.CF.CF.FF. The second kappa shape index (κ2) is 115. The number of hydrogen-bond donors (Lipinski definition) is 0. The molecule has 0 aliphatic rings. The molecule has 0 aliphatic carbocycles. The summed E-state index contributed by atoms with van der Waals surface area (Å²) < 4.78 is 339. The number of allylic oxidation sites excluding steroid dienone is 4. The van der Waals surface area contributed by atoms with Crippen molar-refractivity contribution < 1.29 is 146 Å². The monoisotopic (exact) mass is 1360 g/mol. The minimum Gasteiger partial charge on any atom is -0.371 e. The first kappa shape index (κ1) is 165. The summed E-state index contributed by atoms with van der Waals surface area (Å²) in [6, 6.07) is 0. The molecule has 0 bridgehead atoms. The zero-order chi connectivity index (χ0) is 65.7. The Balaban J connectivity index is -0.0000000208. The van der Waals surface area contributed by atoms with Gasteiger partial charge in [0, 0.05) is 15.2 Å². The number of alkyl halides is 28. The molecule has 0 aromatic rings. The zero-order valence-corrected chi connectivity index (χ0v) is 41.5. The number of ether oxygens (including phenoxy) is 3. The van der Waals surface area contributed by atoms with E-state index >= 15 is 0 Å². The van der Waals surface area contributed by atoms with Gasteiger partial charge in [0.2, 0.25) is 0 Å². The second-order valence-electron chi connectivity index (χ2n) is 9.80. The molecule has 546 valence electrons. The van der Waals surface area contributed by atoms with Gasteiger partial charge in [-0.3, -0.25) is 17.6 Å². The van der Waals surface area contributed by atoms with Crippen molar-refractivity contribution in [3.05, 3.63) is 128 Å². The van der Waals surface area contributed by atoms with Crippen LogP contribution in [0.1, 0.15) is 74.3 Å². The fourth-order valence-electron chi connectivity index (χ4n) is 1.26. The summed E-state index contributed by atoms with van der Waals surface area (Å²) in [6.07, 6.45) is -10.5. The van der Waals surface area contributed by atoms with E-state index in [9.17, 15) is 123 Å². The molecule has 0 spiro atoms. The Bertz CT molecular complexity index is 1080. The molecule has 0 radical (unpaired) electrons. The molecule has 86 heavy (non-hydrogen) atoms. The van der Waals surface area contributed by atoms with Crippen LogP contribution in [0.2, 0.25) is 0 Å². The Labute approximate surface area is 497 Å². The summed E-state index contributed by atoms with van der Waals surface area (Å²) in [7, 11) is 2.00. The van der Waals surface area contributed by atoms with E-state index in [4.69, 9.17) is 9.15 Å². The van der Waals surface area contributed by atoms with Crippen LogP contribution in [-0.4, -0.2) is 150 Å². The lowest BCUT2D eigenvalue weighted by molar-refractivity contribution is -0.171. The molecule has 0 heterocycles. The molecule has 3 nitrogen and oxygen atoms in total. The maximum absolute atomic E-state index is 11.9. The minimum atomic E-state index is -5.38. The van der Waals surface area contributed by atoms with E-state index < -0.39 is 107 Å². The van der Waals surface area contributed by atoms with Gasteiger partial charge in [-0.1, -0.05) is 119 Å². The number of hydrogen-bond acceptors (Lipinski definition) is 3. The molecule has 0 N–H and O–H groups in total. The summed E-state index contributed by atoms with van der Waals surface area (Å²) in [6.45, 7) is 26.6. The van der Waals surface area contributed by atoms with Crippen LogP contribution in [0, 0.1) is 0 Å². The van der Waals surface area contributed by atoms with Crippen LogP contribution in [0.3, 0.4) is 0 Å². The molecule has 0 aliphatic heterocycles. The van der Waals surface area contributed by atoms with Crippen molar-refractivity contribution in [2.45, 2.75) is 122 Å². The first-order valence-corrected chi connectivity index (χ1v) is 18.0. The van der Waals surface area contributed by atoms with Crippen molar-refractivity contribution in [1.29, 1.82) is 0 Å². The van der Waals surface area contributed by atoms with Gasteiger partial charge in [0.05, 0.1) is 48.5 Å². The molecular weight excluding hydrogens is 1250 g/mol. The van der Waals surface area contributed by atoms with Crippen LogP contribution in [0.15, 0.2) is 128 Å². The highest BCUT2D eigenvalue weighted by Gasteiger charge is 2.49. The Morgan fingerprint density at radius 3 is 0.500 bits per heavy atom. The molecule has 33 heteroatoms. The van der Waals surface area contributed by atoms with Gasteiger partial charge in [-0.25, -0.2) is 48.3 Å². The van der Waals surface area contributed by atoms with Crippen molar-refractivity contribution in [3.63, 3.8) is 0 Å². The van der Waals surface area contributed by atoms with Crippen LogP contribution in [0.4, 0.5) is 132 Å². The average Bonchev–Trinajstić information content (AvgIpc) is 3.41. The van der Waals surface area contributed by atoms with Gasteiger partial charge in [-0.15, -0.1) is 59.2 Å². The first-order chi connectivity index (χ1) is 34.8. The molecule has 0 aromatic carbocycles. The zero-order valence-electron chi connectivity index (χ0n) is 41.5. The molecule has 0 atom stereocenters. The van der Waals surface area contributed by atoms with Crippen LogP contribution in [0.5, 0.6) is 0 Å². The van der Waals surface area contributed by atoms with E-state index in [0.29, 0.717) is 28.7 Å². The van der Waals surface area contributed by atoms with Gasteiger partial charge in [-0.05, 0) is 12.2 Å². The predicted molar refractivity (Wildman–Crippen MR) is 307 cm³/mol. The highest BCUT2D eigenvalue weighted by molar-refractivity contribution is 5.09. The molecular formula is C53H106F30O3. The lowest BCUT2D eigenvalue weighted by Crippen LogP contribution is -2.25. The molecule has 0 saturated carbocycles. The van der Waals surface area contributed by atoms with Gasteiger partial charge in [0.25, 0.3) is 29.6 Å². The van der Waals surface area contributed by atoms with Crippen molar-refractivity contribution in [1.82, 2.24) is 0 Å². The molecule has 0 fully saturated rings. The maximum Gasteiger partial charge on any atom is 0.420 e. The largest absolute Gasteiger partial charge is 0.420 e. The Hall–Kier alpha value is -4.82. The number of halogens is 30. The number of rotatable bonds is 19. The van der Waals surface area contributed by atoms with E-state index in [1.165, 1.54) is 18.2 Å². The lowest BCUT2D eigenvalue weighted by atomic mass is 10.3. The molecule has 0 unspecified atom stereocenters. The fraction of sp³-hybridized carbons (Fsp3) is 0.623. The molecule has 0 amide bonds. The third-order valence-electron chi connectivity index (χ3n) is 4.10. The van der Waals surface area contributed by atoms with Gasteiger partial charge < -0.3 is 14.2 Å². The molecule has 0 saturated heterocycles. The second-order valence-corrected chi connectivity index (χ2v) is 9.80. The molecule has 0 aromatic heterocycles. The highest BCUT2D eigenvalue weighted by atomic mass is 20.0. The van der Waals surface area contributed by atoms with Crippen LogP contribution in [0.25, 0.3) is 0 Å². The summed E-state index contributed by atoms with van der Waals surface area (Å²) in [5, 5.41) is 0. The maximum atomic E-state index is 11.9. The van der Waals surface area contributed by atoms with Gasteiger partial charge in [0.1, 0.15) is 25.4 Å². The predicted octanol–water partition coefficient (Wildman–Crippen LogP) is 25.3. The Morgan fingerprint density at radius 2 is 0.453 bits per heavy atom. The van der Waals surface area contributed by atoms with E-state index in [-0.39, 0.29) is 112 Å². The average molecular weight is 1360 g/mol. The van der Waals surface area contributed by atoms with Crippen LogP contribution < -0.4 is 0 Å². The summed E-state index contributed by atoms with van der Waals surface area (Å²) in [5.41, 5.74) is -2.68. The van der Waals surface area contributed by atoms with E-state index in [0.717, 1.165) is 0 Å². The summed E-state index contributed by atoms with van der Waals surface area (Å²) >= 11 is 0. The van der Waals surface area contributed by atoms with E-state index in [2.05, 4.69) is 93.2 Å². The van der Waals surface area contributed by atoms with Crippen molar-refractivity contribution in [2.24, 2.45) is 0 Å². The van der Waals surface area contributed by atoms with Gasteiger partial charge in [-0.2, -0.15) is 57.1 Å². The van der Waals surface area contributed by atoms with Crippen LogP contribution >= 0.6 is 0 Å². The Kier molecular flexibility index (Phi) is 221. The summed E-state index contributed by atoms with van der Waals surface area (Å²) in [5.74, 6) is -16.7. The van der Waals surface area contributed by atoms with Gasteiger partial charge in [0.15, 0.2) is 33.4 Å². The topological polar surface area (TPSA) is 27.7 Å². The van der Waals surface area contributed by atoms with Crippen molar-refractivity contribution in [2.75, 3.05) is 102 Å². The third kappa shape index (κ3) is 200. The minimum absolute atomic E-state index is 0. The van der Waals surface area contributed by atoms with E-state index in [1.807, 2.05) is 6.58 Å². The quantitative estimate of drug-likeness (QED) is 0.0733. The summed E-state index contributed by atoms with van der Waals surface area (Å²) in [4.78, 5) is 0. The molecule has 0 rings (SSSR count). The third-order valence-corrected chi connectivity index (χ3v) is 4.10. The van der Waals surface area contributed by atoms with Crippen molar-refractivity contribution in [3.8, 4) is 0 Å². The van der Waals surface area contributed by atoms with Gasteiger partial charge >= 0.3 is 18.5 Å². The fourth-order valence-corrected chi connectivity index (χ4v) is 1.26. The smallest absolute Gasteiger partial charge is 0.371 e. The van der Waals surface area contributed by atoms with Crippen LogP contribution in [-0.2, 0) is 14.2 Å². The van der Waals surface area contributed by atoms with E-state index in [1.54, 1.807) is 0 Å². The highest BCUT2D eigenvalue weighted by Crippen LogP contribution is 2.36. The first-order valence-electron chi connectivity index (χ1n) is 18.0. The normalized spacial score (nSPS) is 8.67. The van der Waals surface area contributed by atoms with Crippen molar-refractivity contribution >= 4 is 0 Å². The Morgan fingerprint density at radius 1 is 0.314 bits per heavy atom.